The van der Waals surface area contributed by atoms with Crippen molar-refractivity contribution < 1.29 is 14.0 Å². The Morgan fingerprint density at radius 1 is 1.23 bits per heavy atom. The van der Waals surface area contributed by atoms with Crippen LogP contribution in [-0.2, 0) is 9.59 Å². The lowest BCUT2D eigenvalue weighted by molar-refractivity contribution is -0.143. The molecule has 1 aliphatic rings. The highest BCUT2D eigenvalue weighted by Crippen LogP contribution is 2.29. The van der Waals surface area contributed by atoms with Crippen molar-refractivity contribution >= 4 is 28.3 Å². The molecule has 0 bridgehead atoms. The van der Waals surface area contributed by atoms with E-state index in [0.29, 0.717) is 23.1 Å². The minimum absolute atomic E-state index is 0.0283. The first-order valence-electron chi connectivity index (χ1n) is 8.47. The van der Waals surface area contributed by atoms with Crippen molar-refractivity contribution in [2.24, 2.45) is 5.41 Å². The third-order valence-electron chi connectivity index (χ3n) is 4.20. The summed E-state index contributed by atoms with van der Waals surface area (Å²) in [4.78, 5) is 26.8. The van der Waals surface area contributed by atoms with Crippen LogP contribution < -0.4 is 5.32 Å². The van der Waals surface area contributed by atoms with E-state index in [1.165, 1.54) is 23.5 Å². The third kappa shape index (κ3) is 3.90. The van der Waals surface area contributed by atoms with Gasteiger partial charge in [0.05, 0.1) is 0 Å². The zero-order valence-electron chi connectivity index (χ0n) is 15.0. The predicted octanol–water partition coefficient (Wildman–Crippen LogP) is 3.32. The van der Waals surface area contributed by atoms with E-state index in [2.05, 4.69) is 15.5 Å². The summed E-state index contributed by atoms with van der Waals surface area (Å²) in [6.07, 6.45) is 1.44. The fourth-order valence-corrected chi connectivity index (χ4v) is 3.64. The van der Waals surface area contributed by atoms with Gasteiger partial charge in [0.15, 0.2) is 0 Å². The second-order valence-electron chi connectivity index (χ2n) is 7.32. The summed E-state index contributed by atoms with van der Waals surface area (Å²) in [5, 5.41) is 11.7. The molecular weight excluding hydrogens is 355 g/mol. The van der Waals surface area contributed by atoms with Crippen molar-refractivity contribution in [3.8, 4) is 10.6 Å². The van der Waals surface area contributed by atoms with Crippen LogP contribution in [-0.4, -0.2) is 39.5 Å². The molecule has 1 atom stereocenters. The Morgan fingerprint density at radius 3 is 2.58 bits per heavy atom. The first kappa shape index (κ1) is 18.4. The molecule has 8 heteroatoms. The minimum Gasteiger partial charge on any atom is -0.330 e. The monoisotopic (exact) mass is 376 g/mol. The Labute approximate surface area is 155 Å². The van der Waals surface area contributed by atoms with E-state index < -0.39 is 11.5 Å². The molecule has 6 nitrogen and oxygen atoms in total. The van der Waals surface area contributed by atoms with Crippen LogP contribution >= 0.6 is 11.3 Å². The summed E-state index contributed by atoms with van der Waals surface area (Å²) in [6.45, 7) is 6.14. The van der Waals surface area contributed by atoms with E-state index >= 15 is 0 Å². The molecular formula is C18H21FN4O2S. The molecule has 1 aromatic carbocycles. The predicted molar refractivity (Wildman–Crippen MR) is 98.1 cm³/mol. The van der Waals surface area contributed by atoms with Crippen molar-refractivity contribution in [1.29, 1.82) is 0 Å². The number of amides is 2. The normalized spacial score (nSPS) is 17.4. The lowest BCUT2D eigenvalue weighted by Crippen LogP contribution is -2.47. The van der Waals surface area contributed by atoms with Crippen LogP contribution in [0.25, 0.3) is 10.6 Å². The van der Waals surface area contributed by atoms with Gasteiger partial charge in [-0.25, -0.2) is 4.39 Å². The molecule has 1 unspecified atom stereocenters. The quantitative estimate of drug-likeness (QED) is 0.892. The van der Waals surface area contributed by atoms with Crippen molar-refractivity contribution in [2.45, 2.75) is 39.7 Å². The van der Waals surface area contributed by atoms with Crippen molar-refractivity contribution in [3.05, 3.63) is 30.1 Å². The number of benzene rings is 1. The minimum atomic E-state index is -0.526. The van der Waals surface area contributed by atoms with Gasteiger partial charge in [0.2, 0.25) is 16.9 Å². The van der Waals surface area contributed by atoms with Crippen molar-refractivity contribution in [1.82, 2.24) is 15.1 Å². The van der Waals surface area contributed by atoms with Gasteiger partial charge in [-0.2, -0.15) is 0 Å². The first-order valence-corrected chi connectivity index (χ1v) is 9.29. The average Bonchev–Trinajstić information content (AvgIpc) is 3.23. The summed E-state index contributed by atoms with van der Waals surface area (Å²) < 4.78 is 13.0. The summed E-state index contributed by atoms with van der Waals surface area (Å²) >= 11 is 1.21. The van der Waals surface area contributed by atoms with E-state index in [9.17, 15) is 14.0 Å². The number of carbonyl (C=O) groups is 2. The number of anilines is 1. The number of aromatic nitrogens is 2. The number of carbonyl (C=O) groups excluding carboxylic acids is 2. The molecule has 3 rings (SSSR count). The number of likely N-dealkylation sites (tertiary alicyclic amines) is 1. The Bertz CT molecular complexity index is 813. The van der Waals surface area contributed by atoms with Gasteiger partial charge in [-0.15, -0.1) is 10.2 Å². The maximum atomic E-state index is 13.0. The van der Waals surface area contributed by atoms with Crippen LogP contribution in [0.3, 0.4) is 0 Å². The zero-order chi connectivity index (χ0) is 18.9. The SMILES string of the molecule is CC(C)(C)C(=O)N1CCCC1C(=O)Nc1nnc(-c2ccc(F)cc2)s1. The number of nitrogens with zero attached hydrogens (tertiary/aromatic N) is 3. The summed E-state index contributed by atoms with van der Waals surface area (Å²) in [7, 11) is 0. The second kappa shape index (κ2) is 7.11. The molecule has 1 aromatic heterocycles. The van der Waals surface area contributed by atoms with Gasteiger partial charge in [0, 0.05) is 17.5 Å². The highest BCUT2D eigenvalue weighted by Gasteiger charge is 2.38. The van der Waals surface area contributed by atoms with Gasteiger partial charge in [-0.05, 0) is 37.1 Å². The third-order valence-corrected chi connectivity index (χ3v) is 5.09. The topological polar surface area (TPSA) is 75.2 Å². The van der Waals surface area contributed by atoms with Gasteiger partial charge in [0.25, 0.3) is 0 Å². The lowest BCUT2D eigenvalue weighted by Gasteiger charge is -2.29. The molecule has 26 heavy (non-hydrogen) atoms. The molecule has 138 valence electrons. The number of hydrogen-bond donors (Lipinski definition) is 1. The van der Waals surface area contributed by atoms with Crippen molar-refractivity contribution in [3.63, 3.8) is 0 Å². The van der Waals surface area contributed by atoms with E-state index in [0.717, 1.165) is 12.0 Å². The molecule has 0 radical (unpaired) electrons. The number of hydrogen-bond acceptors (Lipinski definition) is 5. The first-order chi connectivity index (χ1) is 12.3. The number of halogens is 1. The summed E-state index contributed by atoms with van der Waals surface area (Å²) in [5.41, 5.74) is 0.205. The molecule has 2 aromatic rings. The van der Waals surface area contributed by atoms with Crippen LogP contribution in [0.4, 0.5) is 9.52 Å². The molecule has 2 amide bonds. The Kier molecular flexibility index (Phi) is 5.04. The van der Waals surface area contributed by atoms with Gasteiger partial charge >= 0.3 is 0 Å². The van der Waals surface area contributed by atoms with Crippen LogP contribution in [0, 0.1) is 11.2 Å². The molecule has 0 spiro atoms. The van der Waals surface area contributed by atoms with Gasteiger partial charge in [0.1, 0.15) is 16.9 Å². The Balaban J connectivity index is 1.70. The van der Waals surface area contributed by atoms with Crippen LogP contribution in [0.1, 0.15) is 33.6 Å². The zero-order valence-corrected chi connectivity index (χ0v) is 15.8. The van der Waals surface area contributed by atoms with E-state index in [1.54, 1.807) is 17.0 Å². The molecule has 1 N–H and O–H groups in total. The van der Waals surface area contributed by atoms with Gasteiger partial charge in [-0.1, -0.05) is 32.1 Å². The number of rotatable bonds is 3. The van der Waals surface area contributed by atoms with E-state index in [-0.39, 0.29) is 17.6 Å². The molecule has 0 saturated carbocycles. The smallest absolute Gasteiger partial charge is 0.249 e. The van der Waals surface area contributed by atoms with Crippen LogP contribution in [0.2, 0.25) is 0 Å². The van der Waals surface area contributed by atoms with Crippen molar-refractivity contribution in [2.75, 3.05) is 11.9 Å². The summed E-state index contributed by atoms with van der Waals surface area (Å²) in [6, 6.07) is 5.44. The highest BCUT2D eigenvalue weighted by molar-refractivity contribution is 7.18. The Hall–Kier alpha value is -2.35. The summed E-state index contributed by atoms with van der Waals surface area (Å²) in [5.74, 6) is -0.599. The van der Waals surface area contributed by atoms with Gasteiger partial charge in [-0.3, -0.25) is 14.9 Å². The largest absolute Gasteiger partial charge is 0.330 e. The van der Waals surface area contributed by atoms with Gasteiger partial charge < -0.3 is 4.90 Å². The van der Waals surface area contributed by atoms with E-state index in [1.807, 2.05) is 20.8 Å². The van der Waals surface area contributed by atoms with E-state index in [4.69, 9.17) is 0 Å². The molecule has 1 fully saturated rings. The van der Waals surface area contributed by atoms with Crippen LogP contribution in [0.15, 0.2) is 24.3 Å². The fraction of sp³-hybridized carbons (Fsp3) is 0.444. The average molecular weight is 376 g/mol. The molecule has 0 aliphatic carbocycles. The Morgan fingerprint density at radius 2 is 1.92 bits per heavy atom. The molecule has 1 aliphatic heterocycles. The maximum Gasteiger partial charge on any atom is 0.249 e. The second-order valence-corrected chi connectivity index (χ2v) is 8.29. The van der Waals surface area contributed by atoms with Crippen LogP contribution in [0.5, 0.6) is 0 Å². The lowest BCUT2D eigenvalue weighted by atomic mass is 9.94. The number of nitrogens with one attached hydrogen (secondary N) is 1. The standard InChI is InChI=1S/C18H21FN4O2S/c1-18(2,3)16(25)23-10-4-5-13(23)14(24)20-17-22-21-15(26-17)11-6-8-12(19)9-7-11/h6-9,13H,4-5,10H2,1-3H3,(H,20,22,24). The fourth-order valence-electron chi connectivity index (χ4n) is 2.88. The molecule has 1 saturated heterocycles. The highest BCUT2D eigenvalue weighted by atomic mass is 32.1. The maximum absolute atomic E-state index is 13.0. The molecule has 2 heterocycles.